The van der Waals surface area contributed by atoms with Crippen LogP contribution in [0.5, 0.6) is 0 Å². The van der Waals surface area contributed by atoms with E-state index in [0.29, 0.717) is 10.0 Å². The molecule has 1 fully saturated rings. The molecule has 2 rings (SSSR count). The van der Waals surface area contributed by atoms with Crippen LogP contribution in [0.15, 0.2) is 23.2 Å². The van der Waals surface area contributed by atoms with Crippen molar-refractivity contribution in [3.05, 3.63) is 33.8 Å². The highest BCUT2D eigenvalue weighted by Gasteiger charge is 2.12. The van der Waals surface area contributed by atoms with Crippen LogP contribution in [-0.4, -0.2) is 81.1 Å². The van der Waals surface area contributed by atoms with E-state index in [1.807, 2.05) is 32.3 Å². The van der Waals surface area contributed by atoms with Crippen molar-refractivity contribution < 1.29 is 0 Å². The van der Waals surface area contributed by atoms with Crippen molar-refractivity contribution in [1.82, 2.24) is 20.0 Å². The molecular weight excluding hydrogens is 369 g/mol. The highest BCUT2D eigenvalue weighted by Crippen LogP contribution is 2.23. The van der Waals surface area contributed by atoms with Crippen LogP contribution in [-0.2, 0) is 6.54 Å². The zero-order valence-corrected chi connectivity index (χ0v) is 17.7. The molecular formula is C19H31Cl2N5. The predicted octanol–water partition coefficient (Wildman–Crippen LogP) is 3.03. The minimum atomic E-state index is 0.584. The number of aliphatic imine (C=N–C) groups is 1. The van der Waals surface area contributed by atoms with Gasteiger partial charge in [0.2, 0.25) is 0 Å². The van der Waals surface area contributed by atoms with Crippen LogP contribution in [0.2, 0.25) is 10.0 Å². The topological polar surface area (TPSA) is 34.1 Å². The van der Waals surface area contributed by atoms with Gasteiger partial charge < -0.3 is 20.0 Å². The molecule has 26 heavy (non-hydrogen) atoms. The Balaban J connectivity index is 1.73. The van der Waals surface area contributed by atoms with Crippen molar-refractivity contribution in [2.75, 3.05) is 60.4 Å². The largest absolute Gasteiger partial charge is 0.356 e. The first-order valence-electron chi connectivity index (χ1n) is 9.26. The van der Waals surface area contributed by atoms with Crippen molar-refractivity contribution in [2.24, 2.45) is 4.99 Å². The van der Waals surface area contributed by atoms with Crippen LogP contribution in [0.4, 0.5) is 0 Å². The summed E-state index contributed by atoms with van der Waals surface area (Å²) in [5.74, 6) is 0.895. The first kappa shape index (κ1) is 21.3. The van der Waals surface area contributed by atoms with E-state index in [9.17, 15) is 0 Å². The molecule has 0 radical (unpaired) electrons. The molecule has 1 aliphatic rings. The van der Waals surface area contributed by atoms with Gasteiger partial charge >= 0.3 is 0 Å². The van der Waals surface area contributed by atoms with Gasteiger partial charge in [-0.15, -0.1) is 0 Å². The number of nitrogens with one attached hydrogen (secondary N) is 1. The summed E-state index contributed by atoms with van der Waals surface area (Å²) in [5, 5.41) is 4.63. The van der Waals surface area contributed by atoms with Gasteiger partial charge in [0.15, 0.2) is 5.96 Å². The highest BCUT2D eigenvalue weighted by molar-refractivity contribution is 6.42. The minimum absolute atomic E-state index is 0.584. The van der Waals surface area contributed by atoms with Crippen LogP contribution >= 0.6 is 23.2 Å². The van der Waals surface area contributed by atoms with Crippen molar-refractivity contribution in [1.29, 1.82) is 0 Å². The van der Waals surface area contributed by atoms with E-state index in [4.69, 9.17) is 23.2 Å². The lowest BCUT2D eigenvalue weighted by molar-refractivity contribution is 0.273. The van der Waals surface area contributed by atoms with E-state index in [1.54, 1.807) is 0 Å². The Bertz CT molecular complexity index is 593. The molecule has 0 amide bonds. The molecule has 0 saturated carbocycles. The molecule has 7 heteroatoms. The van der Waals surface area contributed by atoms with Gasteiger partial charge in [-0.3, -0.25) is 4.99 Å². The van der Waals surface area contributed by atoms with Crippen LogP contribution in [0.3, 0.4) is 0 Å². The maximum atomic E-state index is 6.10. The van der Waals surface area contributed by atoms with Crippen molar-refractivity contribution >= 4 is 29.2 Å². The van der Waals surface area contributed by atoms with Crippen LogP contribution in [0, 0.1) is 0 Å². The summed E-state index contributed by atoms with van der Waals surface area (Å²) in [7, 11) is 6.06. The molecule has 146 valence electrons. The molecule has 5 nitrogen and oxygen atoms in total. The van der Waals surface area contributed by atoms with Gasteiger partial charge in [-0.05, 0) is 57.2 Å². The summed E-state index contributed by atoms with van der Waals surface area (Å²) in [6.07, 6.45) is 2.38. The van der Waals surface area contributed by atoms with Gasteiger partial charge in [-0.2, -0.15) is 0 Å². The average molecular weight is 400 g/mol. The zero-order chi connectivity index (χ0) is 18.9. The summed E-state index contributed by atoms with van der Waals surface area (Å²) in [6, 6.07) is 5.74. The lowest BCUT2D eigenvalue weighted by atomic mass is 10.2. The summed E-state index contributed by atoms with van der Waals surface area (Å²) in [5.41, 5.74) is 1.11. The molecule has 0 aromatic heterocycles. The number of nitrogens with zero attached hydrogens (tertiary/aromatic N) is 4. The molecule has 0 bridgehead atoms. The molecule has 1 aromatic rings. The maximum absolute atomic E-state index is 6.10. The monoisotopic (exact) mass is 399 g/mol. The third kappa shape index (κ3) is 6.95. The fourth-order valence-electron chi connectivity index (χ4n) is 3.20. The molecule has 0 atom stereocenters. The Hall–Kier alpha value is -1.01. The number of rotatable bonds is 6. The smallest absolute Gasteiger partial charge is 0.193 e. The van der Waals surface area contributed by atoms with Crippen molar-refractivity contribution in [2.45, 2.75) is 19.4 Å². The molecule has 0 spiro atoms. The van der Waals surface area contributed by atoms with Crippen LogP contribution < -0.4 is 5.32 Å². The fourth-order valence-corrected chi connectivity index (χ4v) is 3.52. The van der Waals surface area contributed by atoms with E-state index < -0.39 is 0 Å². The lowest BCUT2D eigenvalue weighted by Gasteiger charge is -2.24. The number of halogens is 2. The third-order valence-corrected chi connectivity index (χ3v) is 5.46. The Morgan fingerprint density at radius 2 is 2.00 bits per heavy atom. The quantitative estimate of drug-likeness (QED) is 0.452. The Kier molecular flexibility index (Phi) is 8.99. The SMILES string of the molecule is CN=C(NCCCN1CCCN(C)CC1)N(C)Cc1ccc(Cl)c(Cl)c1. The van der Waals surface area contributed by atoms with Gasteiger partial charge in [0.05, 0.1) is 10.0 Å². The van der Waals surface area contributed by atoms with Gasteiger partial charge in [0.1, 0.15) is 0 Å². The number of benzene rings is 1. The third-order valence-electron chi connectivity index (χ3n) is 4.72. The molecule has 0 unspecified atom stereocenters. The second-order valence-electron chi connectivity index (χ2n) is 6.93. The lowest BCUT2D eigenvalue weighted by Crippen LogP contribution is -2.40. The summed E-state index contributed by atoms with van der Waals surface area (Å²) in [4.78, 5) is 11.5. The maximum Gasteiger partial charge on any atom is 0.193 e. The second-order valence-corrected chi connectivity index (χ2v) is 7.74. The van der Waals surface area contributed by atoms with Gasteiger partial charge in [-0.1, -0.05) is 29.3 Å². The Labute approximate surface area is 168 Å². The number of hydrogen-bond donors (Lipinski definition) is 1. The summed E-state index contributed by atoms with van der Waals surface area (Å²) in [6.45, 7) is 7.54. The molecule has 0 aliphatic carbocycles. The number of hydrogen-bond acceptors (Lipinski definition) is 3. The molecule has 1 aromatic carbocycles. The van der Waals surface area contributed by atoms with Crippen molar-refractivity contribution in [3.63, 3.8) is 0 Å². The first-order chi connectivity index (χ1) is 12.5. The Morgan fingerprint density at radius 1 is 1.19 bits per heavy atom. The van der Waals surface area contributed by atoms with Gasteiger partial charge in [0, 0.05) is 40.3 Å². The van der Waals surface area contributed by atoms with E-state index in [0.717, 1.165) is 37.6 Å². The van der Waals surface area contributed by atoms with E-state index >= 15 is 0 Å². The molecule has 1 aliphatic heterocycles. The van der Waals surface area contributed by atoms with Crippen LogP contribution in [0.25, 0.3) is 0 Å². The standard InChI is InChI=1S/C19H31Cl2N5/c1-22-19(25(3)15-16-6-7-17(20)18(21)14-16)23-8-4-10-26-11-5-9-24(2)12-13-26/h6-7,14H,4-5,8-13,15H2,1-3H3,(H,22,23). The number of guanidine groups is 1. The van der Waals surface area contributed by atoms with E-state index in [1.165, 1.54) is 32.6 Å². The molecule has 1 saturated heterocycles. The van der Waals surface area contributed by atoms with Crippen molar-refractivity contribution in [3.8, 4) is 0 Å². The normalized spacial score (nSPS) is 17.2. The van der Waals surface area contributed by atoms with Gasteiger partial charge in [-0.25, -0.2) is 0 Å². The van der Waals surface area contributed by atoms with Crippen LogP contribution in [0.1, 0.15) is 18.4 Å². The highest BCUT2D eigenvalue weighted by atomic mass is 35.5. The second kappa shape index (κ2) is 11.0. The predicted molar refractivity (Wildman–Crippen MR) is 112 cm³/mol. The van der Waals surface area contributed by atoms with E-state index in [2.05, 4.69) is 32.1 Å². The zero-order valence-electron chi connectivity index (χ0n) is 16.1. The molecule has 1 heterocycles. The summed E-state index contributed by atoms with van der Waals surface area (Å²) >= 11 is 12.1. The minimum Gasteiger partial charge on any atom is -0.356 e. The van der Waals surface area contributed by atoms with E-state index in [-0.39, 0.29) is 0 Å². The number of likely N-dealkylation sites (N-methyl/N-ethyl adjacent to an activating group) is 1. The summed E-state index contributed by atoms with van der Waals surface area (Å²) < 4.78 is 0. The van der Waals surface area contributed by atoms with Gasteiger partial charge in [0.25, 0.3) is 0 Å². The fraction of sp³-hybridized carbons (Fsp3) is 0.632. The first-order valence-corrected chi connectivity index (χ1v) is 10.0. The molecule has 1 N–H and O–H groups in total. The Morgan fingerprint density at radius 3 is 2.73 bits per heavy atom. The average Bonchev–Trinajstić information content (AvgIpc) is 2.82.